The van der Waals surface area contributed by atoms with Crippen molar-refractivity contribution in [2.75, 3.05) is 0 Å². The van der Waals surface area contributed by atoms with Gasteiger partial charge >= 0.3 is 0 Å². The SMILES string of the molecule is c1ccc(-c2cc(-c3cccc4ccccc34)nn2-c2ccc(-c3ccc(-n4nc(-c5cccc6ccccc56)cc4-c4ccccc4)cc3)cc2)cc1. The van der Waals surface area contributed by atoms with Gasteiger partial charge in [0.25, 0.3) is 0 Å². The number of hydrogen-bond donors (Lipinski definition) is 0. The van der Waals surface area contributed by atoms with Crippen LogP contribution >= 0.6 is 0 Å². The maximum atomic E-state index is 5.21. The molecule has 8 aromatic carbocycles. The van der Waals surface area contributed by atoms with E-state index in [1.165, 1.54) is 21.5 Å². The molecule has 0 N–H and O–H groups in total. The molecule has 0 saturated heterocycles. The van der Waals surface area contributed by atoms with Crippen LogP contribution in [0.2, 0.25) is 0 Å². The monoisotopic (exact) mass is 690 g/mol. The van der Waals surface area contributed by atoms with Crippen molar-refractivity contribution in [3.8, 4) is 67.5 Å². The second kappa shape index (κ2) is 13.4. The summed E-state index contributed by atoms with van der Waals surface area (Å²) in [5.74, 6) is 0. The van der Waals surface area contributed by atoms with Crippen LogP contribution in [0.25, 0.3) is 89.1 Å². The summed E-state index contributed by atoms with van der Waals surface area (Å²) in [4.78, 5) is 0. The van der Waals surface area contributed by atoms with Gasteiger partial charge in [-0.2, -0.15) is 10.2 Å². The molecule has 4 nitrogen and oxygen atoms in total. The molecule has 0 fully saturated rings. The largest absolute Gasteiger partial charge is 0.232 e. The third-order valence-corrected chi connectivity index (χ3v) is 10.2. The van der Waals surface area contributed by atoms with Crippen LogP contribution in [-0.2, 0) is 0 Å². The molecule has 0 atom stereocenters. The molecular weight excluding hydrogens is 657 g/mol. The molecule has 0 saturated carbocycles. The van der Waals surface area contributed by atoms with Crippen LogP contribution in [0.5, 0.6) is 0 Å². The minimum absolute atomic E-state index is 0.947. The normalized spacial score (nSPS) is 11.3. The molecular formula is C50H34N4. The van der Waals surface area contributed by atoms with E-state index in [4.69, 9.17) is 10.2 Å². The van der Waals surface area contributed by atoms with Crippen molar-refractivity contribution in [1.29, 1.82) is 0 Å². The lowest BCUT2D eigenvalue weighted by Crippen LogP contribution is -2.00. The Hall–Kier alpha value is -7.30. The lowest BCUT2D eigenvalue weighted by molar-refractivity contribution is 0.892. The van der Waals surface area contributed by atoms with Crippen LogP contribution in [0.1, 0.15) is 0 Å². The lowest BCUT2D eigenvalue weighted by Gasteiger charge is -2.11. The van der Waals surface area contributed by atoms with E-state index in [0.29, 0.717) is 0 Å². The number of aromatic nitrogens is 4. The number of hydrogen-bond acceptors (Lipinski definition) is 2. The second-order valence-corrected chi connectivity index (χ2v) is 13.5. The molecule has 4 heteroatoms. The third kappa shape index (κ3) is 5.67. The van der Waals surface area contributed by atoms with Gasteiger partial charge in [-0.3, -0.25) is 0 Å². The molecule has 0 bridgehead atoms. The van der Waals surface area contributed by atoms with Crippen LogP contribution in [0.15, 0.2) is 206 Å². The van der Waals surface area contributed by atoms with Crippen molar-refractivity contribution in [1.82, 2.24) is 19.6 Å². The van der Waals surface area contributed by atoms with Crippen LogP contribution in [0.4, 0.5) is 0 Å². The number of nitrogens with zero attached hydrogens (tertiary/aromatic N) is 4. The van der Waals surface area contributed by atoms with Crippen LogP contribution in [0, 0.1) is 0 Å². The van der Waals surface area contributed by atoms with E-state index in [0.717, 1.165) is 67.5 Å². The van der Waals surface area contributed by atoms with Crippen molar-refractivity contribution in [3.05, 3.63) is 206 Å². The predicted molar refractivity (Wildman–Crippen MR) is 223 cm³/mol. The minimum Gasteiger partial charge on any atom is -0.232 e. The molecule has 2 aromatic heterocycles. The fourth-order valence-corrected chi connectivity index (χ4v) is 7.54. The Balaban J connectivity index is 1.00. The fourth-order valence-electron chi connectivity index (χ4n) is 7.54. The van der Waals surface area contributed by atoms with Gasteiger partial charge in [-0.1, -0.05) is 170 Å². The zero-order valence-electron chi connectivity index (χ0n) is 29.4. The molecule has 10 rings (SSSR count). The van der Waals surface area contributed by atoms with Gasteiger partial charge in [0.05, 0.1) is 34.2 Å². The molecule has 254 valence electrons. The lowest BCUT2D eigenvalue weighted by atomic mass is 10.0. The highest BCUT2D eigenvalue weighted by Gasteiger charge is 2.17. The Bertz CT molecular complexity index is 2690. The molecule has 10 aromatic rings. The molecule has 54 heavy (non-hydrogen) atoms. The predicted octanol–water partition coefficient (Wildman–Crippen LogP) is 12.7. The first-order valence-electron chi connectivity index (χ1n) is 18.3. The molecule has 0 aliphatic rings. The quantitative estimate of drug-likeness (QED) is 0.167. The van der Waals surface area contributed by atoms with Crippen LogP contribution < -0.4 is 0 Å². The van der Waals surface area contributed by atoms with E-state index in [-0.39, 0.29) is 0 Å². The summed E-state index contributed by atoms with van der Waals surface area (Å²) in [6.45, 7) is 0. The topological polar surface area (TPSA) is 35.6 Å². The third-order valence-electron chi connectivity index (χ3n) is 10.2. The van der Waals surface area contributed by atoms with Crippen molar-refractivity contribution in [2.24, 2.45) is 0 Å². The molecule has 2 heterocycles. The first-order valence-corrected chi connectivity index (χ1v) is 18.3. The zero-order valence-corrected chi connectivity index (χ0v) is 29.4. The number of rotatable bonds is 7. The second-order valence-electron chi connectivity index (χ2n) is 13.5. The zero-order chi connectivity index (χ0) is 35.8. The maximum absolute atomic E-state index is 5.21. The standard InChI is InChI=1S/C50H34N4/c1-3-15-39(16-4-1)49-33-47(45-23-11-19-37-13-7-9-21-43(37)45)51-53(49)41-29-25-35(26-30-41)36-27-31-42(32-28-36)54-50(40-17-5-2-6-18-40)34-48(52-54)46-24-12-20-38-14-8-10-22-44(38)46/h1-34H. The Kier molecular flexibility index (Phi) is 7.77. The summed E-state index contributed by atoms with van der Waals surface area (Å²) >= 11 is 0. The van der Waals surface area contributed by atoms with E-state index in [9.17, 15) is 0 Å². The summed E-state index contributed by atoms with van der Waals surface area (Å²) in [5, 5.41) is 15.2. The highest BCUT2D eigenvalue weighted by atomic mass is 15.3. The Labute approximate surface area is 313 Å². The number of benzene rings is 8. The molecule has 0 radical (unpaired) electrons. The average molecular weight is 691 g/mol. The van der Waals surface area contributed by atoms with E-state index in [2.05, 4.69) is 216 Å². The molecule has 0 spiro atoms. The van der Waals surface area contributed by atoms with Gasteiger partial charge in [0, 0.05) is 22.3 Å². The van der Waals surface area contributed by atoms with Crippen molar-refractivity contribution in [3.63, 3.8) is 0 Å². The minimum atomic E-state index is 0.947. The Morgan fingerprint density at radius 2 is 0.667 bits per heavy atom. The van der Waals surface area contributed by atoms with Crippen LogP contribution in [0.3, 0.4) is 0 Å². The van der Waals surface area contributed by atoms with Gasteiger partial charge in [0.15, 0.2) is 0 Å². The van der Waals surface area contributed by atoms with Crippen LogP contribution in [-0.4, -0.2) is 19.6 Å². The van der Waals surface area contributed by atoms with Gasteiger partial charge in [0.1, 0.15) is 0 Å². The average Bonchev–Trinajstić information content (AvgIpc) is 3.90. The van der Waals surface area contributed by atoms with Gasteiger partial charge in [-0.05, 0) is 69.1 Å². The van der Waals surface area contributed by atoms with Gasteiger partial charge < -0.3 is 0 Å². The Morgan fingerprint density at radius 3 is 1.09 bits per heavy atom. The molecule has 0 amide bonds. The summed E-state index contributed by atoms with van der Waals surface area (Å²) in [6, 6.07) is 72.6. The smallest absolute Gasteiger partial charge is 0.0940 e. The van der Waals surface area contributed by atoms with E-state index in [1.54, 1.807) is 0 Å². The highest BCUT2D eigenvalue weighted by molar-refractivity contribution is 5.97. The summed E-state index contributed by atoms with van der Waals surface area (Å²) in [5.41, 5.74) is 12.7. The summed E-state index contributed by atoms with van der Waals surface area (Å²) in [7, 11) is 0. The summed E-state index contributed by atoms with van der Waals surface area (Å²) < 4.78 is 4.13. The van der Waals surface area contributed by atoms with Gasteiger partial charge in [-0.25, -0.2) is 9.36 Å². The van der Waals surface area contributed by atoms with Crippen molar-refractivity contribution < 1.29 is 0 Å². The van der Waals surface area contributed by atoms with E-state index >= 15 is 0 Å². The highest BCUT2D eigenvalue weighted by Crippen LogP contribution is 2.35. The van der Waals surface area contributed by atoms with Crippen molar-refractivity contribution >= 4 is 21.5 Å². The van der Waals surface area contributed by atoms with E-state index < -0.39 is 0 Å². The van der Waals surface area contributed by atoms with Gasteiger partial charge in [-0.15, -0.1) is 0 Å². The first kappa shape index (κ1) is 31.4. The Morgan fingerprint density at radius 1 is 0.296 bits per heavy atom. The van der Waals surface area contributed by atoms with E-state index in [1.807, 2.05) is 0 Å². The number of fused-ring (bicyclic) bond motifs is 2. The molecule has 0 aliphatic heterocycles. The summed E-state index contributed by atoms with van der Waals surface area (Å²) in [6.07, 6.45) is 0. The molecule has 0 unspecified atom stereocenters. The van der Waals surface area contributed by atoms with Crippen molar-refractivity contribution in [2.45, 2.75) is 0 Å². The maximum Gasteiger partial charge on any atom is 0.0940 e. The first-order chi connectivity index (χ1) is 26.8. The fraction of sp³-hybridized carbons (Fsp3) is 0. The van der Waals surface area contributed by atoms with Gasteiger partial charge in [0.2, 0.25) is 0 Å². The molecule has 0 aliphatic carbocycles.